The van der Waals surface area contributed by atoms with Crippen molar-refractivity contribution in [2.24, 2.45) is 13.0 Å². The van der Waals surface area contributed by atoms with Crippen molar-refractivity contribution in [3.8, 4) is 0 Å². The van der Waals surface area contributed by atoms with Crippen molar-refractivity contribution >= 4 is 11.6 Å². The highest BCUT2D eigenvalue weighted by Crippen LogP contribution is 2.11. The van der Waals surface area contributed by atoms with E-state index in [9.17, 15) is 14.4 Å². The Bertz CT molecular complexity index is 735. The monoisotopic (exact) mass is 338 g/mol. The molecule has 1 aromatic rings. The van der Waals surface area contributed by atoms with Crippen LogP contribution >= 0.6 is 0 Å². The van der Waals surface area contributed by atoms with Gasteiger partial charge in [0, 0.05) is 26.7 Å². The molecule has 134 valence electrons. The Morgan fingerprint density at radius 2 is 2.04 bits per heavy atom. The highest BCUT2D eigenvalue weighted by molar-refractivity contribution is 6.01. The van der Waals surface area contributed by atoms with Gasteiger partial charge in [-0.15, -0.1) is 0 Å². The van der Waals surface area contributed by atoms with E-state index in [1.807, 2.05) is 25.7 Å². The second-order valence-electron chi connectivity index (χ2n) is 6.75. The Morgan fingerprint density at radius 3 is 2.62 bits per heavy atom. The maximum Gasteiger partial charge on any atom is 0.332 e. The summed E-state index contributed by atoms with van der Waals surface area (Å²) in [6.07, 6.45) is 0.0432. The van der Waals surface area contributed by atoms with Crippen LogP contribution in [0.4, 0.5) is 5.82 Å². The van der Waals surface area contributed by atoms with Gasteiger partial charge in [0.05, 0.1) is 19.3 Å². The first kappa shape index (κ1) is 18.4. The Balaban J connectivity index is 2.38. The molecule has 24 heavy (non-hydrogen) atoms. The maximum atomic E-state index is 12.7. The molecule has 0 bridgehead atoms. The van der Waals surface area contributed by atoms with E-state index in [1.165, 1.54) is 11.6 Å². The van der Waals surface area contributed by atoms with Crippen LogP contribution in [-0.4, -0.2) is 52.2 Å². The van der Waals surface area contributed by atoms with Crippen LogP contribution in [-0.2, 0) is 18.3 Å². The van der Waals surface area contributed by atoms with Crippen LogP contribution in [0.5, 0.6) is 0 Å². The zero-order chi connectivity index (χ0) is 18.0. The lowest BCUT2D eigenvalue weighted by molar-refractivity contribution is -0.0158. The number of carbonyl (C=O) groups is 1. The average molecular weight is 338 g/mol. The van der Waals surface area contributed by atoms with E-state index in [1.54, 1.807) is 0 Å². The number of nitrogens with zero attached hydrogens (tertiary/aromatic N) is 3. The first-order chi connectivity index (χ1) is 11.2. The van der Waals surface area contributed by atoms with Crippen molar-refractivity contribution in [2.75, 3.05) is 32.0 Å². The van der Waals surface area contributed by atoms with Gasteiger partial charge >= 0.3 is 5.69 Å². The van der Waals surface area contributed by atoms with E-state index in [4.69, 9.17) is 10.5 Å². The minimum absolute atomic E-state index is 0.0388. The molecule has 8 nitrogen and oxygen atoms in total. The van der Waals surface area contributed by atoms with Gasteiger partial charge in [0.2, 0.25) is 0 Å². The third kappa shape index (κ3) is 3.76. The summed E-state index contributed by atoms with van der Waals surface area (Å²) in [6, 6.07) is 0. The van der Waals surface area contributed by atoms with Gasteiger partial charge in [-0.2, -0.15) is 0 Å². The van der Waals surface area contributed by atoms with E-state index >= 15 is 0 Å². The van der Waals surface area contributed by atoms with Crippen LogP contribution in [0.15, 0.2) is 9.59 Å². The van der Waals surface area contributed by atoms with Crippen molar-refractivity contribution in [3.63, 3.8) is 0 Å². The lowest BCUT2D eigenvalue weighted by Crippen LogP contribution is -2.47. The topological polar surface area (TPSA) is 99.6 Å². The molecule has 0 saturated carbocycles. The first-order valence-electron chi connectivity index (χ1n) is 8.18. The Morgan fingerprint density at radius 1 is 1.38 bits per heavy atom. The van der Waals surface area contributed by atoms with Gasteiger partial charge in [-0.05, 0) is 12.8 Å². The van der Waals surface area contributed by atoms with Crippen LogP contribution in [0.2, 0.25) is 0 Å². The summed E-state index contributed by atoms with van der Waals surface area (Å²) in [5.74, 6) is -0.242. The number of ketones is 1. The van der Waals surface area contributed by atoms with E-state index < -0.39 is 11.2 Å². The van der Waals surface area contributed by atoms with Crippen LogP contribution in [0.3, 0.4) is 0 Å². The third-order valence-corrected chi connectivity index (χ3v) is 4.10. The van der Waals surface area contributed by atoms with E-state index in [-0.39, 0.29) is 35.7 Å². The number of anilines is 1. The molecule has 1 atom stereocenters. The van der Waals surface area contributed by atoms with Crippen molar-refractivity contribution in [1.82, 2.24) is 14.0 Å². The molecule has 0 aliphatic carbocycles. The summed E-state index contributed by atoms with van der Waals surface area (Å²) in [4.78, 5) is 39.3. The molecule has 1 aliphatic heterocycles. The largest absolute Gasteiger partial charge is 0.384 e. The summed E-state index contributed by atoms with van der Waals surface area (Å²) in [5.41, 5.74) is 4.79. The number of nitrogens with two attached hydrogens (primary N) is 1. The summed E-state index contributed by atoms with van der Waals surface area (Å²) >= 11 is 0. The van der Waals surface area contributed by atoms with Gasteiger partial charge in [-0.1, -0.05) is 13.8 Å². The SMILES string of the molecule is CC(C)Cn1c(N)c(C(=O)CN2CCOC(C)C2)c(=O)n(C)c1=O. The molecule has 2 N–H and O–H groups in total. The molecular formula is C16H26N4O4. The molecule has 0 spiro atoms. The van der Waals surface area contributed by atoms with Gasteiger partial charge in [-0.25, -0.2) is 4.79 Å². The van der Waals surface area contributed by atoms with Crippen LogP contribution < -0.4 is 17.0 Å². The Labute approximate surface area is 140 Å². The summed E-state index contributed by atoms with van der Waals surface area (Å²) < 4.78 is 7.71. The van der Waals surface area contributed by atoms with E-state index in [0.717, 1.165) is 4.57 Å². The number of rotatable bonds is 5. The summed E-state index contributed by atoms with van der Waals surface area (Å²) in [7, 11) is 1.37. The number of nitrogen functional groups attached to an aromatic ring is 1. The predicted octanol–water partition coefficient (Wildman–Crippen LogP) is -0.311. The van der Waals surface area contributed by atoms with Crippen molar-refractivity contribution in [3.05, 3.63) is 26.4 Å². The standard InChI is InChI=1S/C16H26N4O4/c1-10(2)7-20-14(17)13(15(22)18(4)16(20)23)12(21)9-19-5-6-24-11(3)8-19/h10-11H,5-9,17H2,1-4H3. The number of ether oxygens (including phenoxy) is 1. The lowest BCUT2D eigenvalue weighted by Gasteiger charge is -2.30. The minimum atomic E-state index is -0.635. The van der Waals surface area contributed by atoms with E-state index in [0.29, 0.717) is 26.2 Å². The molecular weight excluding hydrogens is 312 g/mol. The molecule has 8 heteroatoms. The Hall–Kier alpha value is -1.93. The zero-order valence-electron chi connectivity index (χ0n) is 14.7. The molecule has 2 rings (SSSR count). The smallest absolute Gasteiger partial charge is 0.332 e. The molecule has 2 heterocycles. The average Bonchev–Trinajstić information content (AvgIpc) is 2.49. The molecule has 0 amide bonds. The van der Waals surface area contributed by atoms with Crippen molar-refractivity contribution in [2.45, 2.75) is 33.4 Å². The maximum absolute atomic E-state index is 12.7. The number of hydrogen-bond donors (Lipinski definition) is 1. The number of hydrogen-bond acceptors (Lipinski definition) is 6. The molecule has 0 aromatic carbocycles. The molecule has 1 unspecified atom stereocenters. The predicted molar refractivity (Wildman–Crippen MR) is 91.4 cm³/mol. The number of Topliss-reactive ketones (excluding diaryl/α,β-unsaturated/α-hetero) is 1. The molecule has 0 radical (unpaired) electrons. The van der Waals surface area contributed by atoms with Gasteiger partial charge < -0.3 is 10.5 Å². The zero-order valence-corrected chi connectivity index (χ0v) is 14.7. The lowest BCUT2D eigenvalue weighted by atomic mass is 10.1. The number of aromatic nitrogens is 2. The first-order valence-corrected chi connectivity index (χ1v) is 8.18. The van der Waals surface area contributed by atoms with Gasteiger partial charge in [0.25, 0.3) is 5.56 Å². The van der Waals surface area contributed by atoms with Gasteiger partial charge in [0.15, 0.2) is 5.78 Å². The summed E-state index contributed by atoms with van der Waals surface area (Å²) in [5, 5.41) is 0. The van der Waals surface area contributed by atoms with Crippen molar-refractivity contribution in [1.29, 1.82) is 0 Å². The van der Waals surface area contributed by atoms with E-state index in [2.05, 4.69) is 0 Å². The quantitative estimate of drug-likeness (QED) is 0.739. The van der Waals surface area contributed by atoms with Crippen LogP contribution in [0.25, 0.3) is 0 Å². The fourth-order valence-electron chi connectivity index (χ4n) is 2.90. The van der Waals surface area contributed by atoms with Crippen LogP contribution in [0, 0.1) is 5.92 Å². The van der Waals surface area contributed by atoms with Gasteiger partial charge in [0.1, 0.15) is 11.4 Å². The highest BCUT2D eigenvalue weighted by Gasteiger charge is 2.25. The number of carbonyl (C=O) groups excluding carboxylic acids is 1. The minimum Gasteiger partial charge on any atom is -0.384 e. The number of morpholine rings is 1. The summed E-state index contributed by atoms with van der Waals surface area (Å²) in [6.45, 7) is 8.06. The normalized spacial score (nSPS) is 19.0. The van der Waals surface area contributed by atoms with Crippen LogP contribution in [0.1, 0.15) is 31.1 Å². The second-order valence-corrected chi connectivity index (χ2v) is 6.75. The molecule has 1 aliphatic rings. The molecule has 1 saturated heterocycles. The fraction of sp³-hybridized carbons (Fsp3) is 0.688. The second kappa shape index (κ2) is 7.31. The third-order valence-electron chi connectivity index (χ3n) is 4.10. The highest BCUT2D eigenvalue weighted by atomic mass is 16.5. The molecule has 1 fully saturated rings. The Kier molecular flexibility index (Phi) is 5.61. The molecule has 1 aromatic heterocycles. The van der Waals surface area contributed by atoms with Crippen molar-refractivity contribution < 1.29 is 9.53 Å². The fourth-order valence-corrected chi connectivity index (χ4v) is 2.90. The van der Waals surface area contributed by atoms with Gasteiger partial charge in [-0.3, -0.25) is 23.6 Å².